The molecule has 0 aliphatic carbocycles. The van der Waals surface area contributed by atoms with Crippen LogP contribution in [0.25, 0.3) is 0 Å². The van der Waals surface area contributed by atoms with Crippen LogP contribution in [0.15, 0.2) is 46.7 Å². The molecule has 1 saturated heterocycles. The Balaban J connectivity index is 2.91. The van der Waals surface area contributed by atoms with Crippen molar-refractivity contribution in [1.29, 1.82) is 0 Å². The molecule has 164 valence electrons. The maximum atomic E-state index is 11.7. The van der Waals surface area contributed by atoms with E-state index in [2.05, 4.69) is 30.1 Å². The summed E-state index contributed by atoms with van der Waals surface area (Å²) in [5, 5.41) is 13.6. The molecule has 0 bridgehead atoms. The molecule has 0 aromatic rings. The first-order valence-corrected chi connectivity index (χ1v) is 10.6. The summed E-state index contributed by atoms with van der Waals surface area (Å²) < 4.78 is 5.51. The standard InChI is InChI=1S/C23H39N3O3/c1-6-9-17(4)20(23(24)28)16-25-22(27)15-18(5)21(10-7-2)26(8-3)19-11-13-29-14-12-19/h6-7,9-10,19,22,25,27H,8,11-16H2,1-5H3,(H2,24,28)/b9-6+,10-7-,20-17-,21-18+. The fourth-order valence-corrected chi connectivity index (χ4v) is 3.72. The minimum absolute atomic E-state index is 0.232. The highest BCUT2D eigenvalue weighted by atomic mass is 16.5. The largest absolute Gasteiger partial charge is 0.381 e. The van der Waals surface area contributed by atoms with Crippen LogP contribution >= 0.6 is 0 Å². The van der Waals surface area contributed by atoms with Crippen molar-refractivity contribution in [1.82, 2.24) is 10.2 Å². The molecule has 1 heterocycles. The van der Waals surface area contributed by atoms with Crippen LogP contribution < -0.4 is 11.1 Å². The predicted molar refractivity (Wildman–Crippen MR) is 119 cm³/mol. The molecule has 0 spiro atoms. The Morgan fingerprint density at radius 3 is 2.38 bits per heavy atom. The smallest absolute Gasteiger partial charge is 0.246 e. The van der Waals surface area contributed by atoms with Crippen molar-refractivity contribution in [2.75, 3.05) is 26.3 Å². The van der Waals surface area contributed by atoms with Crippen LogP contribution in [0.1, 0.15) is 53.9 Å². The molecule has 6 heteroatoms. The lowest BCUT2D eigenvalue weighted by Gasteiger charge is -2.37. The van der Waals surface area contributed by atoms with Crippen LogP contribution in [0.2, 0.25) is 0 Å². The summed E-state index contributed by atoms with van der Waals surface area (Å²) in [6, 6.07) is 0.452. The summed E-state index contributed by atoms with van der Waals surface area (Å²) in [5.41, 5.74) is 9.04. The number of likely N-dealkylation sites (N-methyl/N-ethyl adjacent to an activating group) is 1. The van der Waals surface area contributed by atoms with Gasteiger partial charge in [-0.1, -0.05) is 18.2 Å². The number of allylic oxidation sites excluding steroid dienone is 5. The average Bonchev–Trinajstić information content (AvgIpc) is 2.68. The Hall–Kier alpha value is -1.89. The van der Waals surface area contributed by atoms with E-state index >= 15 is 0 Å². The first-order valence-electron chi connectivity index (χ1n) is 10.6. The molecule has 29 heavy (non-hydrogen) atoms. The van der Waals surface area contributed by atoms with Gasteiger partial charge in [0.2, 0.25) is 5.91 Å². The predicted octanol–water partition coefficient (Wildman–Crippen LogP) is 3.01. The first kappa shape index (κ1) is 25.1. The van der Waals surface area contributed by atoms with Crippen molar-refractivity contribution in [2.24, 2.45) is 5.73 Å². The number of carbonyl (C=O) groups excluding carboxylic acids is 1. The lowest BCUT2D eigenvalue weighted by molar-refractivity contribution is -0.114. The van der Waals surface area contributed by atoms with E-state index < -0.39 is 12.1 Å². The van der Waals surface area contributed by atoms with Crippen molar-refractivity contribution in [2.45, 2.75) is 66.2 Å². The van der Waals surface area contributed by atoms with Gasteiger partial charge in [0.25, 0.3) is 0 Å². The third-order valence-electron chi connectivity index (χ3n) is 5.25. The Kier molecular flexibility index (Phi) is 11.6. The van der Waals surface area contributed by atoms with Crippen molar-refractivity contribution in [3.8, 4) is 0 Å². The zero-order valence-electron chi connectivity index (χ0n) is 18.7. The Bertz CT molecular complexity index is 644. The summed E-state index contributed by atoms with van der Waals surface area (Å²) in [6.07, 6.45) is 9.59. The number of amides is 1. The van der Waals surface area contributed by atoms with Gasteiger partial charge in [0.1, 0.15) is 6.23 Å². The summed E-state index contributed by atoms with van der Waals surface area (Å²) in [5.74, 6) is -0.473. The van der Waals surface area contributed by atoms with Gasteiger partial charge in [0.15, 0.2) is 0 Å². The molecule has 1 fully saturated rings. The number of aliphatic hydroxyl groups is 1. The molecule has 0 aromatic heterocycles. The number of nitrogens with zero attached hydrogens (tertiary/aromatic N) is 1. The third-order valence-corrected chi connectivity index (χ3v) is 5.25. The number of ether oxygens (including phenoxy) is 1. The Morgan fingerprint density at radius 1 is 1.24 bits per heavy atom. The summed E-state index contributed by atoms with van der Waals surface area (Å²) in [6.45, 7) is 12.7. The number of hydrogen-bond donors (Lipinski definition) is 3. The molecule has 1 rings (SSSR count). The number of carbonyl (C=O) groups is 1. The maximum Gasteiger partial charge on any atom is 0.246 e. The highest BCUT2D eigenvalue weighted by Gasteiger charge is 2.23. The quantitative estimate of drug-likeness (QED) is 0.279. The number of hydrogen-bond acceptors (Lipinski definition) is 5. The van der Waals surface area contributed by atoms with E-state index in [4.69, 9.17) is 10.5 Å². The minimum Gasteiger partial charge on any atom is -0.381 e. The Labute approximate surface area is 176 Å². The van der Waals surface area contributed by atoms with Crippen LogP contribution in [-0.4, -0.2) is 54.5 Å². The molecular formula is C23H39N3O3. The van der Waals surface area contributed by atoms with Gasteiger partial charge in [-0.15, -0.1) is 0 Å². The van der Waals surface area contributed by atoms with Crippen molar-refractivity contribution in [3.05, 3.63) is 46.7 Å². The first-order chi connectivity index (χ1) is 13.8. The fraction of sp³-hybridized carbons (Fsp3) is 0.609. The highest BCUT2D eigenvalue weighted by molar-refractivity contribution is 5.93. The summed E-state index contributed by atoms with van der Waals surface area (Å²) in [4.78, 5) is 14.1. The topological polar surface area (TPSA) is 87.8 Å². The number of rotatable bonds is 11. The summed E-state index contributed by atoms with van der Waals surface area (Å²) in [7, 11) is 0. The number of aliphatic hydroxyl groups excluding tert-OH is 1. The van der Waals surface area contributed by atoms with Crippen LogP contribution in [0.5, 0.6) is 0 Å². The number of nitrogens with two attached hydrogens (primary N) is 1. The van der Waals surface area contributed by atoms with Crippen molar-refractivity contribution >= 4 is 5.91 Å². The van der Waals surface area contributed by atoms with Gasteiger partial charge in [-0.2, -0.15) is 0 Å². The van der Waals surface area contributed by atoms with Crippen molar-refractivity contribution in [3.63, 3.8) is 0 Å². The molecule has 4 N–H and O–H groups in total. The van der Waals surface area contributed by atoms with E-state index in [1.165, 1.54) is 0 Å². The Morgan fingerprint density at radius 2 is 1.86 bits per heavy atom. The summed E-state index contributed by atoms with van der Waals surface area (Å²) >= 11 is 0. The molecule has 0 aromatic carbocycles. The lowest BCUT2D eigenvalue weighted by atomic mass is 10.0. The third kappa shape index (κ3) is 8.17. The average molecular weight is 406 g/mol. The molecule has 0 saturated carbocycles. The van der Waals surface area contributed by atoms with Crippen LogP contribution in [-0.2, 0) is 9.53 Å². The second-order valence-corrected chi connectivity index (χ2v) is 7.42. The van der Waals surface area contributed by atoms with Gasteiger partial charge in [-0.05, 0) is 64.7 Å². The molecule has 6 nitrogen and oxygen atoms in total. The normalized spacial score (nSPS) is 18.7. The van der Waals surface area contributed by atoms with Gasteiger partial charge in [0.05, 0.1) is 0 Å². The molecule has 1 aliphatic heterocycles. The molecule has 1 atom stereocenters. The molecule has 1 amide bonds. The van der Waals surface area contributed by atoms with Crippen LogP contribution in [0.4, 0.5) is 0 Å². The second-order valence-electron chi connectivity index (χ2n) is 7.42. The van der Waals surface area contributed by atoms with E-state index in [1.54, 1.807) is 0 Å². The van der Waals surface area contributed by atoms with E-state index in [9.17, 15) is 9.90 Å². The molecule has 0 radical (unpaired) electrons. The number of primary amides is 1. The van der Waals surface area contributed by atoms with E-state index in [-0.39, 0.29) is 6.54 Å². The van der Waals surface area contributed by atoms with Gasteiger partial charge in [0, 0.05) is 50.0 Å². The molecule has 1 unspecified atom stereocenters. The fourth-order valence-electron chi connectivity index (χ4n) is 3.72. The monoisotopic (exact) mass is 405 g/mol. The maximum absolute atomic E-state index is 11.7. The lowest BCUT2D eigenvalue weighted by Crippen LogP contribution is -2.39. The number of nitrogens with one attached hydrogen (secondary N) is 1. The SMILES string of the molecule is C/C=C\C(=C(\C)CC(O)NC/C(C(N)=O)=C(C)/C=C/C)N(CC)C1CCOCC1. The highest BCUT2D eigenvalue weighted by Crippen LogP contribution is 2.24. The van der Waals surface area contributed by atoms with E-state index in [0.29, 0.717) is 18.0 Å². The van der Waals surface area contributed by atoms with Gasteiger partial charge in [-0.3, -0.25) is 10.1 Å². The second kappa shape index (κ2) is 13.4. The minimum atomic E-state index is -0.767. The van der Waals surface area contributed by atoms with Gasteiger partial charge >= 0.3 is 0 Å². The van der Waals surface area contributed by atoms with Crippen molar-refractivity contribution < 1.29 is 14.6 Å². The zero-order chi connectivity index (χ0) is 21.8. The van der Waals surface area contributed by atoms with Gasteiger partial charge < -0.3 is 20.5 Å². The van der Waals surface area contributed by atoms with Crippen LogP contribution in [0, 0.1) is 0 Å². The van der Waals surface area contributed by atoms with Gasteiger partial charge in [-0.25, -0.2) is 0 Å². The van der Waals surface area contributed by atoms with E-state index in [0.717, 1.165) is 49.4 Å². The van der Waals surface area contributed by atoms with E-state index in [1.807, 2.05) is 39.0 Å². The zero-order valence-corrected chi connectivity index (χ0v) is 18.7. The molecule has 1 aliphatic rings. The van der Waals surface area contributed by atoms with Crippen LogP contribution in [0.3, 0.4) is 0 Å². The molecular weight excluding hydrogens is 366 g/mol.